The van der Waals surface area contributed by atoms with Gasteiger partial charge >= 0.3 is 0 Å². The number of hydrogen-bond donors (Lipinski definition) is 2. The molecule has 0 aliphatic heterocycles. The Kier molecular flexibility index (Phi) is 4.89. The Morgan fingerprint density at radius 2 is 2.05 bits per heavy atom. The number of rotatable bonds is 8. The van der Waals surface area contributed by atoms with E-state index in [1.165, 1.54) is 12.8 Å². The maximum atomic E-state index is 9.10. The second kappa shape index (κ2) is 6.46. The van der Waals surface area contributed by atoms with Gasteiger partial charge in [0.2, 0.25) is 0 Å². The van der Waals surface area contributed by atoms with E-state index in [9.17, 15) is 0 Å². The fourth-order valence-corrected chi connectivity index (χ4v) is 2.58. The fraction of sp³-hybridized carbons (Fsp3) is 0.625. The van der Waals surface area contributed by atoms with Gasteiger partial charge in [-0.1, -0.05) is 6.07 Å². The van der Waals surface area contributed by atoms with Crippen molar-refractivity contribution in [1.29, 1.82) is 0 Å². The molecule has 1 atom stereocenters. The van der Waals surface area contributed by atoms with Gasteiger partial charge in [0.15, 0.2) is 0 Å². The average Bonchev–Trinajstić information content (AvgIpc) is 3.24. The van der Waals surface area contributed by atoms with Crippen molar-refractivity contribution in [2.24, 2.45) is 5.41 Å². The summed E-state index contributed by atoms with van der Waals surface area (Å²) in [4.78, 5) is 0. The molecule has 1 fully saturated rings. The van der Waals surface area contributed by atoms with Gasteiger partial charge in [-0.2, -0.15) is 0 Å². The minimum atomic E-state index is 0.215. The molecule has 0 radical (unpaired) electrons. The third-order valence-corrected chi connectivity index (χ3v) is 4.29. The lowest BCUT2D eigenvalue weighted by Crippen LogP contribution is -2.27. The summed E-state index contributed by atoms with van der Waals surface area (Å²) in [6, 6.07) is 6.12. The molecular weight excluding hydrogens is 254 g/mol. The molecule has 0 heterocycles. The summed E-state index contributed by atoms with van der Waals surface area (Å²) in [6.45, 7) is 3.37. The van der Waals surface area contributed by atoms with Crippen molar-refractivity contribution in [3.05, 3.63) is 23.8 Å². The third kappa shape index (κ3) is 3.44. The fourth-order valence-electron chi connectivity index (χ4n) is 2.58. The van der Waals surface area contributed by atoms with Crippen LogP contribution in [-0.4, -0.2) is 32.5 Å². The van der Waals surface area contributed by atoms with E-state index in [1.54, 1.807) is 14.2 Å². The van der Waals surface area contributed by atoms with Crippen LogP contribution in [0, 0.1) is 5.41 Å². The van der Waals surface area contributed by atoms with Crippen LogP contribution in [0.5, 0.6) is 11.5 Å². The number of methoxy groups -OCH3 is 2. The highest BCUT2D eigenvalue weighted by Crippen LogP contribution is 2.48. The molecule has 2 rings (SSSR count). The standard InChI is InChI=1S/C16H25NO3/c1-12(17-11-16(6-7-16)8-9-18)14-5-4-13(19-2)10-15(14)20-3/h4-5,10,12,17-18H,6-9,11H2,1-3H3. The summed E-state index contributed by atoms with van der Waals surface area (Å²) in [7, 11) is 3.33. The van der Waals surface area contributed by atoms with Crippen LogP contribution >= 0.6 is 0 Å². The lowest BCUT2D eigenvalue weighted by molar-refractivity contribution is 0.242. The molecule has 0 spiro atoms. The number of benzene rings is 1. The second-order valence-corrected chi connectivity index (χ2v) is 5.68. The van der Waals surface area contributed by atoms with E-state index >= 15 is 0 Å². The zero-order valence-corrected chi connectivity index (χ0v) is 12.6. The van der Waals surface area contributed by atoms with Crippen LogP contribution in [0.1, 0.15) is 37.8 Å². The first-order chi connectivity index (χ1) is 9.64. The molecule has 20 heavy (non-hydrogen) atoms. The van der Waals surface area contributed by atoms with Crippen LogP contribution in [0.4, 0.5) is 0 Å². The SMILES string of the molecule is COc1ccc(C(C)NCC2(CCO)CC2)c(OC)c1. The van der Waals surface area contributed by atoms with Crippen LogP contribution in [-0.2, 0) is 0 Å². The molecule has 1 aliphatic rings. The van der Waals surface area contributed by atoms with Gasteiger partial charge in [0.25, 0.3) is 0 Å². The first-order valence-corrected chi connectivity index (χ1v) is 7.20. The Balaban J connectivity index is 2.00. The number of ether oxygens (including phenoxy) is 2. The van der Waals surface area contributed by atoms with E-state index in [1.807, 2.05) is 18.2 Å². The predicted molar refractivity (Wildman–Crippen MR) is 79.3 cm³/mol. The molecule has 4 nitrogen and oxygen atoms in total. The van der Waals surface area contributed by atoms with Crippen molar-refractivity contribution in [2.75, 3.05) is 27.4 Å². The van der Waals surface area contributed by atoms with Crippen LogP contribution in [0.2, 0.25) is 0 Å². The van der Waals surface area contributed by atoms with E-state index in [-0.39, 0.29) is 12.6 Å². The van der Waals surface area contributed by atoms with E-state index in [0.29, 0.717) is 5.41 Å². The smallest absolute Gasteiger partial charge is 0.127 e. The molecular formula is C16H25NO3. The molecule has 1 aromatic rings. The monoisotopic (exact) mass is 279 g/mol. The quantitative estimate of drug-likeness (QED) is 0.768. The highest BCUT2D eigenvalue weighted by Gasteiger charge is 2.41. The Morgan fingerprint density at radius 3 is 2.60 bits per heavy atom. The Labute approximate surface area is 121 Å². The lowest BCUT2D eigenvalue weighted by Gasteiger charge is -2.21. The maximum absolute atomic E-state index is 9.10. The molecule has 2 N–H and O–H groups in total. The van der Waals surface area contributed by atoms with Crippen LogP contribution in [0.3, 0.4) is 0 Å². The Bertz CT molecular complexity index is 443. The van der Waals surface area contributed by atoms with Gasteiger partial charge < -0.3 is 19.9 Å². The van der Waals surface area contributed by atoms with Gasteiger partial charge in [-0.3, -0.25) is 0 Å². The van der Waals surface area contributed by atoms with Gasteiger partial charge in [-0.25, -0.2) is 0 Å². The predicted octanol–water partition coefficient (Wildman–Crippen LogP) is 2.52. The number of aliphatic hydroxyl groups is 1. The minimum Gasteiger partial charge on any atom is -0.497 e. The summed E-state index contributed by atoms with van der Waals surface area (Å²) in [5.41, 5.74) is 1.45. The van der Waals surface area contributed by atoms with E-state index in [2.05, 4.69) is 12.2 Å². The highest BCUT2D eigenvalue weighted by atomic mass is 16.5. The molecule has 112 valence electrons. The van der Waals surface area contributed by atoms with Crippen molar-refractivity contribution >= 4 is 0 Å². The molecule has 4 heteroatoms. The van der Waals surface area contributed by atoms with Gasteiger partial charge in [-0.15, -0.1) is 0 Å². The molecule has 1 aliphatic carbocycles. The molecule has 1 aromatic carbocycles. The van der Waals surface area contributed by atoms with E-state index in [0.717, 1.165) is 30.0 Å². The largest absolute Gasteiger partial charge is 0.497 e. The van der Waals surface area contributed by atoms with Gasteiger partial charge in [-0.05, 0) is 37.7 Å². The Morgan fingerprint density at radius 1 is 1.30 bits per heavy atom. The topological polar surface area (TPSA) is 50.7 Å². The minimum absolute atomic E-state index is 0.215. The molecule has 0 bridgehead atoms. The van der Waals surface area contributed by atoms with Gasteiger partial charge in [0.05, 0.1) is 14.2 Å². The van der Waals surface area contributed by atoms with E-state index < -0.39 is 0 Å². The third-order valence-electron chi connectivity index (χ3n) is 4.29. The van der Waals surface area contributed by atoms with Crippen molar-refractivity contribution in [1.82, 2.24) is 5.32 Å². The van der Waals surface area contributed by atoms with E-state index in [4.69, 9.17) is 14.6 Å². The van der Waals surface area contributed by atoms with Crippen LogP contribution in [0.25, 0.3) is 0 Å². The summed E-state index contributed by atoms with van der Waals surface area (Å²) < 4.78 is 10.7. The average molecular weight is 279 g/mol. The van der Waals surface area contributed by atoms with Crippen molar-refractivity contribution < 1.29 is 14.6 Å². The van der Waals surface area contributed by atoms with Gasteiger partial charge in [0, 0.05) is 30.8 Å². The summed E-state index contributed by atoms with van der Waals surface area (Å²) >= 11 is 0. The van der Waals surface area contributed by atoms with Crippen molar-refractivity contribution in [2.45, 2.75) is 32.2 Å². The lowest BCUT2D eigenvalue weighted by atomic mass is 10.0. The molecule has 1 unspecified atom stereocenters. The van der Waals surface area contributed by atoms with Crippen molar-refractivity contribution in [3.63, 3.8) is 0 Å². The van der Waals surface area contributed by atoms with Crippen LogP contribution in [0.15, 0.2) is 18.2 Å². The molecule has 1 saturated carbocycles. The first kappa shape index (κ1) is 15.1. The summed E-state index contributed by atoms with van der Waals surface area (Å²) in [5.74, 6) is 1.65. The first-order valence-electron chi connectivity index (χ1n) is 7.20. The Hall–Kier alpha value is -1.26. The van der Waals surface area contributed by atoms with Crippen molar-refractivity contribution in [3.8, 4) is 11.5 Å². The summed E-state index contributed by atoms with van der Waals surface area (Å²) in [6.07, 6.45) is 3.33. The van der Waals surface area contributed by atoms with Crippen LogP contribution < -0.4 is 14.8 Å². The molecule has 0 saturated heterocycles. The normalized spacial score (nSPS) is 17.6. The second-order valence-electron chi connectivity index (χ2n) is 5.68. The molecule has 0 aromatic heterocycles. The number of nitrogens with one attached hydrogen (secondary N) is 1. The molecule has 0 amide bonds. The summed E-state index contributed by atoms with van der Waals surface area (Å²) in [5, 5.41) is 12.7. The zero-order chi connectivity index (χ0) is 14.6. The highest BCUT2D eigenvalue weighted by molar-refractivity contribution is 5.42. The zero-order valence-electron chi connectivity index (χ0n) is 12.6. The number of aliphatic hydroxyl groups excluding tert-OH is 1. The maximum Gasteiger partial charge on any atom is 0.127 e. The van der Waals surface area contributed by atoms with Gasteiger partial charge in [0.1, 0.15) is 11.5 Å². The number of hydrogen-bond acceptors (Lipinski definition) is 4.